The van der Waals surface area contributed by atoms with E-state index in [9.17, 15) is 18.0 Å². The summed E-state index contributed by atoms with van der Waals surface area (Å²) < 4.78 is 40.5. The molecule has 20 heavy (non-hydrogen) atoms. The van der Waals surface area contributed by atoms with Gasteiger partial charge in [-0.1, -0.05) is 30.3 Å². The Morgan fingerprint density at radius 2 is 1.95 bits per heavy atom. The predicted octanol–water partition coefficient (Wildman–Crippen LogP) is 2.45. The maximum atomic E-state index is 13.1. The van der Waals surface area contributed by atoms with Crippen LogP contribution in [0, 0.1) is 0 Å². The Morgan fingerprint density at radius 3 is 2.45 bits per heavy atom. The van der Waals surface area contributed by atoms with E-state index in [0.717, 1.165) is 0 Å². The van der Waals surface area contributed by atoms with Gasteiger partial charge in [0.25, 0.3) is 5.91 Å². The summed E-state index contributed by atoms with van der Waals surface area (Å²) in [5.74, 6) is -0.815. The van der Waals surface area contributed by atoms with E-state index in [2.05, 4.69) is 5.10 Å². The third-order valence-corrected chi connectivity index (χ3v) is 2.70. The summed E-state index contributed by atoms with van der Waals surface area (Å²) in [5, 5.41) is 5.74. The van der Waals surface area contributed by atoms with Crippen LogP contribution in [-0.2, 0) is 7.05 Å². The highest BCUT2D eigenvalue weighted by molar-refractivity contribution is 5.94. The first-order valence-corrected chi connectivity index (χ1v) is 5.79. The lowest BCUT2D eigenvalue weighted by Crippen LogP contribution is -2.38. The number of alkyl halides is 3. The topological polar surface area (TPSA) is 46.9 Å². The zero-order chi connectivity index (χ0) is 14.8. The summed E-state index contributed by atoms with van der Waals surface area (Å²) >= 11 is 0. The van der Waals surface area contributed by atoms with E-state index in [1.807, 2.05) is 5.32 Å². The van der Waals surface area contributed by atoms with E-state index in [1.54, 1.807) is 13.1 Å². The van der Waals surface area contributed by atoms with Gasteiger partial charge in [-0.15, -0.1) is 0 Å². The van der Waals surface area contributed by atoms with Crippen LogP contribution < -0.4 is 5.32 Å². The number of carbonyl (C=O) groups excluding carboxylic acids is 1. The molecule has 0 aliphatic rings. The standard InChI is InChI=1S/C13H12F3N3O/c1-19-8-10(7-17-19)12(20)18-11(13(14,15)16)9-5-3-2-4-6-9/h2-8,11H,1H3,(H,18,20). The van der Waals surface area contributed by atoms with Crippen LogP contribution in [0.15, 0.2) is 42.7 Å². The van der Waals surface area contributed by atoms with Gasteiger partial charge in [-0.2, -0.15) is 18.3 Å². The second kappa shape index (κ2) is 5.36. The SMILES string of the molecule is Cn1cc(C(=O)NC(c2ccccc2)C(F)(F)F)cn1. The Kier molecular flexibility index (Phi) is 3.78. The zero-order valence-electron chi connectivity index (χ0n) is 10.6. The highest BCUT2D eigenvalue weighted by Crippen LogP contribution is 2.32. The third kappa shape index (κ3) is 3.17. The second-order valence-electron chi connectivity index (χ2n) is 4.26. The molecule has 1 amide bonds. The summed E-state index contributed by atoms with van der Waals surface area (Å²) in [6.07, 6.45) is -2.00. The smallest absolute Gasteiger partial charge is 0.337 e. The fourth-order valence-electron chi connectivity index (χ4n) is 1.75. The number of amides is 1. The van der Waals surface area contributed by atoms with Crippen LogP contribution in [0.3, 0.4) is 0 Å². The Labute approximate surface area is 113 Å². The van der Waals surface area contributed by atoms with Crippen molar-refractivity contribution in [3.63, 3.8) is 0 Å². The lowest BCUT2D eigenvalue weighted by atomic mass is 10.1. The molecule has 1 unspecified atom stereocenters. The van der Waals surface area contributed by atoms with Crippen LogP contribution in [-0.4, -0.2) is 21.9 Å². The second-order valence-corrected chi connectivity index (χ2v) is 4.26. The minimum Gasteiger partial charge on any atom is -0.337 e. The molecule has 1 N–H and O–H groups in total. The van der Waals surface area contributed by atoms with Crippen molar-refractivity contribution in [2.45, 2.75) is 12.2 Å². The fraction of sp³-hybridized carbons (Fsp3) is 0.231. The maximum absolute atomic E-state index is 13.1. The normalized spacial score (nSPS) is 13.0. The van der Waals surface area contributed by atoms with Gasteiger partial charge in [-0.3, -0.25) is 9.48 Å². The van der Waals surface area contributed by atoms with Crippen LogP contribution >= 0.6 is 0 Å². The van der Waals surface area contributed by atoms with E-state index < -0.39 is 18.1 Å². The molecule has 1 aromatic carbocycles. The van der Waals surface area contributed by atoms with Crippen molar-refractivity contribution in [3.8, 4) is 0 Å². The molecule has 0 aliphatic carbocycles. The molecule has 1 aromatic heterocycles. The van der Waals surface area contributed by atoms with Gasteiger partial charge in [0.05, 0.1) is 11.8 Å². The van der Waals surface area contributed by atoms with E-state index in [0.29, 0.717) is 0 Å². The largest absolute Gasteiger partial charge is 0.412 e. The van der Waals surface area contributed by atoms with Gasteiger partial charge in [-0.25, -0.2) is 0 Å². The highest BCUT2D eigenvalue weighted by Gasteiger charge is 2.41. The molecule has 7 heteroatoms. The van der Waals surface area contributed by atoms with E-state index in [-0.39, 0.29) is 11.1 Å². The van der Waals surface area contributed by atoms with Gasteiger partial charge in [0, 0.05) is 13.2 Å². The number of hydrogen-bond acceptors (Lipinski definition) is 2. The van der Waals surface area contributed by atoms with Crippen LogP contribution in [0.4, 0.5) is 13.2 Å². The minimum atomic E-state index is -4.57. The number of aromatic nitrogens is 2. The molecule has 0 fully saturated rings. The first-order chi connectivity index (χ1) is 9.38. The number of aryl methyl sites for hydroxylation is 1. The van der Waals surface area contributed by atoms with Crippen molar-refractivity contribution in [1.82, 2.24) is 15.1 Å². The van der Waals surface area contributed by atoms with Crippen LogP contribution in [0.1, 0.15) is 22.0 Å². The molecular weight excluding hydrogens is 271 g/mol. The average molecular weight is 283 g/mol. The molecule has 2 rings (SSSR count). The summed E-state index contributed by atoms with van der Waals surface area (Å²) in [7, 11) is 1.58. The van der Waals surface area contributed by atoms with E-state index in [1.165, 1.54) is 41.3 Å². The monoisotopic (exact) mass is 283 g/mol. The lowest BCUT2D eigenvalue weighted by Gasteiger charge is -2.21. The maximum Gasteiger partial charge on any atom is 0.412 e. The number of benzene rings is 1. The van der Waals surface area contributed by atoms with E-state index >= 15 is 0 Å². The number of nitrogens with zero attached hydrogens (tertiary/aromatic N) is 2. The van der Waals surface area contributed by atoms with Crippen LogP contribution in [0.5, 0.6) is 0 Å². The summed E-state index contributed by atoms with van der Waals surface area (Å²) in [6.45, 7) is 0. The molecule has 0 spiro atoms. The number of rotatable bonds is 3. The number of nitrogens with one attached hydrogen (secondary N) is 1. The fourth-order valence-corrected chi connectivity index (χ4v) is 1.75. The quantitative estimate of drug-likeness (QED) is 0.940. The summed E-state index contributed by atoms with van der Waals surface area (Å²) in [5.41, 5.74) is 0.0647. The number of carbonyl (C=O) groups is 1. The van der Waals surface area contributed by atoms with Gasteiger partial charge in [0.15, 0.2) is 6.04 Å². The van der Waals surface area contributed by atoms with E-state index in [4.69, 9.17) is 0 Å². The van der Waals surface area contributed by atoms with Crippen molar-refractivity contribution in [2.24, 2.45) is 7.05 Å². The molecule has 4 nitrogen and oxygen atoms in total. The van der Waals surface area contributed by atoms with Gasteiger partial charge in [0.1, 0.15) is 0 Å². The predicted molar refractivity (Wildman–Crippen MR) is 65.9 cm³/mol. The molecule has 1 atom stereocenters. The molecule has 0 saturated heterocycles. The zero-order valence-corrected chi connectivity index (χ0v) is 10.6. The molecule has 0 radical (unpaired) electrons. The Morgan fingerprint density at radius 1 is 1.30 bits per heavy atom. The van der Waals surface area contributed by atoms with Crippen molar-refractivity contribution >= 4 is 5.91 Å². The molecule has 2 aromatic rings. The van der Waals surface area contributed by atoms with Gasteiger partial charge in [0.2, 0.25) is 0 Å². The molecular formula is C13H12F3N3O. The Balaban J connectivity index is 2.23. The summed E-state index contributed by atoms with van der Waals surface area (Å²) in [6, 6.07) is 5.19. The number of halogens is 3. The van der Waals surface area contributed by atoms with Crippen molar-refractivity contribution in [3.05, 3.63) is 53.9 Å². The first kappa shape index (κ1) is 14.1. The first-order valence-electron chi connectivity index (χ1n) is 5.79. The Bertz CT molecular complexity index is 592. The van der Waals surface area contributed by atoms with Crippen LogP contribution in [0.2, 0.25) is 0 Å². The Hall–Kier alpha value is -2.31. The summed E-state index contributed by atoms with van der Waals surface area (Å²) in [4.78, 5) is 11.8. The molecule has 0 bridgehead atoms. The molecule has 0 saturated carbocycles. The minimum absolute atomic E-state index is 0.0164. The van der Waals surface area contributed by atoms with Gasteiger partial charge in [-0.05, 0) is 5.56 Å². The molecule has 106 valence electrons. The number of hydrogen-bond donors (Lipinski definition) is 1. The third-order valence-electron chi connectivity index (χ3n) is 2.70. The van der Waals surface area contributed by atoms with Crippen LogP contribution in [0.25, 0.3) is 0 Å². The van der Waals surface area contributed by atoms with Gasteiger partial charge >= 0.3 is 6.18 Å². The van der Waals surface area contributed by atoms with Crippen molar-refractivity contribution in [2.75, 3.05) is 0 Å². The highest BCUT2D eigenvalue weighted by atomic mass is 19.4. The van der Waals surface area contributed by atoms with Gasteiger partial charge < -0.3 is 5.32 Å². The molecule has 0 aliphatic heterocycles. The lowest BCUT2D eigenvalue weighted by molar-refractivity contribution is -0.155. The molecule has 1 heterocycles. The van der Waals surface area contributed by atoms with Crippen molar-refractivity contribution < 1.29 is 18.0 Å². The van der Waals surface area contributed by atoms with Crippen molar-refractivity contribution in [1.29, 1.82) is 0 Å². The average Bonchev–Trinajstić information content (AvgIpc) is 2.82.